The lowest BCUT2D eigenvalue weighted by molar-refractivity contribution is -0.0328. The highest BCUT2D eigenvalue weighted by molar-refractivity contribution is 8.00. The van der Waals surface area contributed by atoms with Gasteiger partial charge >= 0.3 is 5.51 Å². The number of rotatable bonds is 4. The molecule has 9 heteroatoms. The Morgan fingerprint density at radius 2 is 1.72 bits per heavy atom. The Kier molecular flexibility index (Phi) is 4.75. The molecule has 0 fully saturated rings. The van der Waals surface area contributed by atoms with Gasteiger partial charge in [-0.05, 0) is 60.3 Å². The third kappa shape index (κ3) is 4.60. The zero-order valence-electron chi connectivity index (χ0n) is 12.6. The molecule has 1 aromatic heterocycles. The molecule has 0 aliphatic carbocycles. The first kappa shape index (κ1) is 17.0. The summed E-state index contributed by atoms with van der Waals surface area (Å²) in [6.45, 7) is 0. The van der Waals surface area contributed by atoms with E-state index in [9.17, 15) is 18.0 Å². The van der Waals surface area contributed by atoms with E-state index >= 15 is 0 Å². The number of nitrogens with zero attached hydrogens (tertiary/aromatic N) is 3. The van der Waals surface area contributed by atoms with Gasteiger partial charge in [0.05, 0.1) is 5.69 Å². The van der Waals surface area contributed by atoms with Crippen LogP contribution >= 0.6 is 11.8 Å². The molecule has 0 unspecified atom stereocenters. The number of nitrogens with one attached hydrogen (secondary N) is 1. The summed E-state index contributed by atoms with van der Waals surface area (Å²) in [4.78, 5) is 16.0. The fraction of sp³-hybridized carbons (Fsp3) is 0.0625. The summed E-state index contributed by atoms with van der Waals surface area (Å²) in [7, 11) is 0. The number of hydrogen-bond acceptors (Lipinski definition) is 4. The Balaban J connectivity index is 1.65. The smallest absolute Gasteiger partial charge is 0.322 e. The molecule has 0 bridgehead atoms. The van der Waals surface area contributed by atoms with E-state index in [1.54, 1.807) is 35.3 Å². The van der Waals surface area contributed by atoms with Gasteiger partial charge in [-0.1, -0.05) is 0 Å². The van der Waals surface area contributed by atoms with Gasteiger partial charge in [0.1, 0.15) is 12.7 Å². The molecule has 0 aliphatic rings. The largest absolute Gasteiger partial charge is 0.446 e. The van der Waals surface area contributed by atoms with Gasteiger partial charge in [0.15, 0.2) is 0 Å². The SMILES string of the molecule is O=C(Nc1ccc(-n2cncn2)cc1)c1ccc(SC(F)(F)F)cc1. The fourth-order valence-electron chi connectivity index (χ4n) is 2.05. The number of hydrogen-bond donors (Lipinski definition) is 1. The molecule has 128 valence electrons. The van der Waals surface area contributed by atoms with Gasteiger partial charge in [0.2, 0.25) is 0 Å². The molecule has 1 amide bonds. The molecule has 0 saturated heterocycles. The van der Waals surface area contributed by atoms with E-state index in [4.69, 9.17) is 0 Å². The monoisotopic (exact) mass is 364 g/mol. The maximum atomic E-state index is 12.3. The van der Waals surface area contributed by atoms with Crippen molar-refractivity contribution in [2.45, 2.75) is 10.4 Å². The van der Waals surface area contributed by atoms with Gasteiger partial charge in [-0.15, -0.1) is 0 Å². The lowest BCUT2D eigenvalue weighted by Crippen LogP contribution is -2.11. The second kappa shape index (κ2) is 6.98. The van der Waals surface area contributed by atoms with E-state index in [1.165, 1.54) is 30.6 Å². The van der Waals surface area contributed by atoms with Crippen molar-refractivity contribution in [3.63, 3.8) is 0 Å². The van der Waals surface area contributed by atoms with Crippen molar-refractivity contribution in [3.8, 4) is 5.69 Å². The number of thioether (sulfide) groups is 1. The van der Waals surface area contributed by atoms with E-state index in [1.807, 2.05) is 0 Å². The second-order valence-corrected chi connectivity index (χ2v) is 6.05. The summed E-state index contributed by atoms with van der Waals surface area (Å²) in [5, 5.41) is 6.68. The van der Waals surface area contributed by atoms with Crippen molar-refractivity contribution in [2.24, 2.45) is 0 Å². The Bertz CT molecular complexity index is 847. The molecule has 0 spiro atoms. The third-order valence-electron chi connectivity index (χ3n) is 3.16. The molecule has 0 aliphatic heterocycles. The van der Waals surface area contributed by atoms with E-state index < -0.39 is 11.4 Å². The molecule has 3 aromatic rings. The molecular weight excluding hydrogens is 353 g/mol. The molecule has 0 radical (unpaired) electrons. The van der Waals surface area contributed by atoms with Crippen LogP contribution in [0.3, 0.4) is 0 Å². The van der Waals surface area contributed by atoms with Crippen LogP contribution in [0.15, 0.2) is 66.1 Å². The van der Waals surface area contributed by atoms with Gasteiger partial charge in [0.25, 0.3) is 5.91 Å². The van der Waals surface area contributed by atoms with Gasteiger partial charge in [-0.3, -0.25) is 4.79 Å². The molecule has 3 rings (SSSR count). The Morgan fingerprint density at radius 1 is 1.04 bits per heavy atom. The molecule has 25 heavy (non-hydrogen) atoms. The zero-order valence-corrected chi connectivity index (χ0v) is 13.4. The number of carbonyl (C=O) groups excluding carboxylic acids is 1. The minimum atomic E-state index is -4.35. The summed E-state index contributed by atoms with van der Waals surface area (Å²) in [6, 6.07) is 12.1. The third-order valence-corrected chi connectivity index (χ3v) is 3.90. The number of carbonyl (C=O) groups is 1. The van der Waals surface area contributed by atoms with Crippen LogP contribution < -0.4 is 5.32 Å². The van der Waals surface area contributed by atoms with Crippen LogP contribution in [0.2, 0.25) is 0 Å². The quantitative estimate of drug-likeness (QED) is 0.707. The Hall–Kier alpha value is -2.81. The lowest BCUT2D eigenvalue weighted by Gasteiger charge is -2.08. The summed E-state index contributed by atoms with van der Waals surface area (Å²) < 4.78 is 38.5. The van der Waals surface area contributed by atoms with Crippen LogP contribution in [0, 0.1) is 0 Å². The van der Waals surface area contributed by atoms with E-state index in [0.29, 0.717) is 5.69 Å². The minimum Gasteiger partial charge on any atom is -0.322 e. The van der Waals surface area contributed by atoms with Crippen LogP contribution in [-0.2, 0) is 0 Å². The number of benzene rings is 2. The van der Waals surface area contributed by atoms with Gasteiger partial charge in [-0.2, -0.15) is 18.3 Å². The Morgan fingerprint density at radius 3 is 2.28 bits per heavy atom. The summed E-state index contributed by atoms with van der Waals surface area (Å²) in [5.74, 6) is -0.405. The topological polar surface area (TPSA) is 59.8 Å². The van der Waals surface area contributed by atoms with Crippen molar-refractivity contribution in [1.82, 2.24) is 14.8 Å². The normalized spacial score (nSPS) is 11.3. The van der Waals surface area contributed by atoms with Crippen molar-refractivity contribution in [1.29, 1.82) is 0 Å². The van der Waals surface area contributed by atoms with Crippen molar-refractivity contribution >= 4 is 23.4 Å². The highest BCUT2D eigenvalue weighted by Gasteiger charge is 2.29. The van der Waals surface area contributed by atoms with Crippen molar-refractivity contribution in [3.05, 3.63) is 66.7 Å². The number of anilines is 1. The molecular formula is C16H11F3N4OS. The predicted molar refractivity (Wildman–Crippen MR) is 87.7 cm³/mol. The first-order chi connectivity index (χ1) is 11.9. The van der Waals surface area contributed by atoms with Crippen LogP contribution in [0.5, 0.6) is 0 Å². The lowest BCUT2D eigenvalue weighted by atomic mass is 10.2. The number of halogens is 3. The average molecular weight is 364 g/mol. The first-order valence-electron chi connectivity index (χ1n) is 7.03. The van der Waals surface area contributed by atoms with Crippen LogP contribution in [0.25, 0.3) is 5.69 Å². The maximum absolute atomic E-state index is 12.3. The van der Waals surface area contributed by atoms with Gasteiger partial charge in [0, 0.05) is 16.1 Å². The van der Waals surface area contributed by atoms with Crippen LogP contribution in [0.1, 0.15) is 10.4 Å². The molecule has 0 saturated carbocycles. The fourth-order valence-corrected chi connectivity index (χ4v) is 2.59. The minimum absolute atomic E-state index is 0.0289. The van der Waals surface area contributed by atoms with E-state index in [0.717, 1.165) is 5.69 Å². The number of amides is 1. The Labute approximate surface area is 144 Å². The van der Waals surface area contributed by atoms with E-state index in [-0.39, 0.29) is 22.2 Å². The van der Waals surface area contributed by atoms with Gasteiger partial charge < -0.3 is 5.32 Å². The highest BCUT2D eigenvalue weighted by Crippen LogP contribution is 2.36. The predicted octanol–water partition coefficient (Wildman–Crippen LogP) is 4.13. The number of alkyl halides is 3. The van der Waals surface area contributed by atoms with E-state index in [2.05, 4.69) is 15.4 Å². The molecule has 1 heterocycles. The maximum Gasteiger partial charge on any atom is 0.446 e. The summed E-state index contributed by atoms with van der Waals surface area (Å²) >= 11 is -0.220. The van der Waals surface area contributed by atoms with Gasteiger partial charge in [-0.25, -0.2) is 9.67 Å². The van der Waals surface area contributed by atoms with Crippen molar-refractivity contribution < 1.29 is 18.0 Å². The molecule has 2 aromatic carbocycles. The molecule has 5 nitrogen and oxygen atoms in total. The van der Waals surface area contributed by atoms with Crippen LogP contribution in [-0.4, -0.2) is 26.2 Å². The second-order valence-electron chi connectivity index (χ2n) is 4.91. The van der Waals surface area contributed by atoms with Crippen molar-refractivity contribution in [2.75, 3.05) is 5.32 Å². The van der Waals surface area contributed by atoms with Crippen LogP contribution in [0.4, 0.5) is 18.9 Å². The first-order valence-corrected chi connectivity index (χ1v) is 7.84. The highest BCUT2D eigenvalue weighted by atomic mass is 32.2. The number of aromatic nitrogens is 3. The zero-order chi connectivity index (χ0) is 17.9. The standard InChI is InChI=1S/C16H11F3N4OS/c17-16(18,19)25-14-7-1-11(2-8-14)15(24)22-12-3-5-13(6-4-12)23-10-20-9-21-23/h1-10H,(H,22,24). The summed E-state index contributed by atoms with van der Waals surface area (Å²) in [6.07, 6.45) is 2.96. The summed E-state index contributed by atoms with van der Waals surface area (Å²) in [5.41, 5.74) is -2.74. The molecule has 0 atom stereocenters. The average Bonchev–Trinajstić information content (AvgIpc) is 3.09. The molecule has 1 N–H and O–H groups in total.